The zero-order chi connectivity index (χ0) is 12.1. The van der Waals surface area contributed by atoms with Gasteiger partial charge in [-0.1, -0.05) is 6.92 Å². The maximum Gasteiger partial charge on any atom is 0.254 e. The van der Waals surface area contributed by atoms with Crippen molar-refractivity contribution < 1.29 is 9.53 Å². The van der Waals surface area contributed by atoms with Gasteiger partial charge < -0.3 is 9.64 Å². The van der Waals surface area contributed by atoms with E-state index in [1.807, 2.05) is 6.92 Å². The van der Waals surface area contributed by atoms with E-state index in [-0.39, 0.29) is 11.8 Å². The first kappa shape index (κ1) is 13.9. The van der Waals surface area contributed by atoms with Gasteiger partial charge in [0.05, 0.1) is 12.0 Å². The van der Waals surface area contributed by atoms with E-state index in [0.717, 1.165) is 0 Å². The number of hydrogen-bond acceptors (Lipinski definition) is 3. The third-order valence-electron chi connectivity index (χ3n) is 2.69. The Labute approximate surface area is 91.8 Å². The molecule has 2 atom stereocenters. The number of nitriles is 1. The lowest BCUT2D eigenvalue weighted by Crippen LogP contribution is -2.47. The van der Waals surface area contributed by atoms with Crippen molar-refractivity contribution in [2.24, 2.45) is 5.92 Å². The van der Waals surface area contributed by atoms with Crippen molar-refractivity contribution in [1.82, 2.24) is 4.90 Å². The van der Waals surface area contributed by atoms with Crippen molar-refractivity contribution in [3.8, 4) is 6.07 Å². The molecule has 0 spiro atoms. The fourth-order valence-electron chi connectivity index (χ4n) is 1.32. The molecule has 0 aromatic carbocycles. The molecule has 86 valence electrons. The van der Waals surface area contributed by atoms with Gasteiger partial charge in [0, 0.05) is 20.7 Å². The molecule has 2 unspecified atom stereocenters. The molecule has 0 bridgehead atoms. The maximum atomic E-state index is 12.0. The number of carbonyl (C=O) groups excluding carboxylic acids is 1. The first-order valence-corrected chi connectivity index (χ1v) is 5.11. The van der Waals surface area contributed by atoms with Crippen LogP contribution in [0.2, 0.25) is 0 Å². The average Bonchev–Trinajstić information content (AvgIpc) is 2.26. The minimum atomic E-state index is -0.774. The molecule has 0 heterocycles. The first-order valence-electron chi connectivity index (χ1n) is 5.11. The molecule has 4 nitrogen and oxygen atoms in total. The van der Waals surface area contributed by atoms with Gasteiger partial charge in [0.2, 0.25) is 0 Å². The van der Waals surface area contributed by atoms with E-state index < -0.39 is 5.60 Å². The Morgan fingerprint density at radius 1 is 1.67 bits per heavy atom. The number of likely N-dealkylation sites (N-methyl/N-ethyl adjacent to an activating group) is 1. The largest absolute Gasteiger partial charge is 0.369 e. The van der Waals surface area contributed by atoms with Gasteiger partial charge in [0.1, 0.15) is 5.60 Å². The second kappa shape index (κ2) is 5.72. The number of carbonyl (C=O) groups is 1. The highest BCUT2D eigenvalue weighted by Crippen LogP contribution is 2.17. The minimum absolute atomic E-state index is 0.0744. The van der Waals surface area contributed by atoms with Crippen LogP contribution in [0, 0.1) is 17.2 Å². The molecule has 0 aromatic rings. The lowest BCUT2D eigenvalue weighted by molar-refractivity contribution is -0.152. The molecule has 0 rings (SSSR count). The molecule has 0 aromatic heterocycles. The van der Waals surface area contributed by atoms with Crippen LogP contribution in [0.5, 0.6) is 0 Å². The second-order valence-corrected chi connectivity index (χ2v) is 4.00. The monoisotopic (exact) mass is 212 g/mol. The van der Waals surface area contributed by atoms with Gasteiger partial charge in [-0.25, -0.2) is 0 Å². The summed E-state index contributed by atoms with van der Waals surface area (Å²) in [5.41, 5.74) is -0.774. The number of nitrogens with zero attached hydrogens (tertiary/aromatic N) is 2. The van der Waals surface area contributed by atoms with E-state index in [1.165, 1.54) is 7.11 Å². The summed E-state index contributed by atoms with van der Waals surface area (Å²) in [5, 5.41) is 8.66. The summed E-state index contributed by atoms with van der Waals surface area (Å²) >= 11 is 0. The maximum absolute atomic E-state index is 12.0. The van der Waals surface area contributed by atoms with Crippen molar-refractivity contribution >= 4 is 5.91 Å². The van der Waals surface area contributed by atoms with Crippen molar-refractivity contribution in [3.05, 3.63) is 0 Å². The Bertz CT molecular complexity index is 254. The van der Waals surface area contributed by atoms with Gasteiger partial charge in [-0.15, -0.1) is 0 Å². The van der Waals surface area contributed by atoms with Crippen LogP contribution < -0.4 is 0 Å². The minimum Gasteiger partial charge on any atom is -0.369 e. The summed E-state index contributed by atoms with van der Waals surface area (Å²) in [4.78, 5) is 13.5. The highest BCUT2D eigenvalue weighted by molar-refractivity contribution is 5.84. The van der Waals surface area contributed by atoms with E-state index in [1.54, 1.807) is 25.8 Å². The molecule has 0 saturated carbocycles. The molecule has 0 saturated heterocycles. The van der Waals surface area contributed by atoms with Crippen LogP contribution in [0.4, 0.5) is 0 Å². The molecular formula is C11H20N2O2. The summed E-state index contributed by atoms with van der Waals surface area (Å²) in [7, 11) is 3.23. The van der Waals surface area contributed by atoms with E-state index in [2.05, 4.69) is 6.07 Å². The number of rotatable bonds is 5. The molecule has 0 aliphatic heterocycles. The number of ether oxygens (including phenoxy) is 1. The summed E-state index contributed by atoms with van der Waals surface area (Å²) in [6.45, 7) is 5.90. The van der Waals surface area contributed by atoms with Gasteiger partial charge >= 0.3 is 0 Å². The van der Waals surface area contributed by atoms with Crippen LogP contribution in [0.25, 0.3) is 0 Å². The van der Waals surface area contributed by atoms with E-state index in [4.69, 9.17) is 10.00 Å². The molecule has 0 radical (unpaired) electrons. The first-order chi connectivity index (χ1) is 6.91. The van der Waals surface area contributed by atoms with Crippen LogP contribution in [0.15, 0.2) is 0 Å². The van der Waals surface area contributed by atoms with Crippen LogP contribution in [-0.2, 0) is 9.53 Å². The number of hydrogen-bond donors (Lipinski definition) is 0. The van der Waals surface area contributed by atoms with Gasteiger partial charge in [-0.3, -0.25) is 4.79 Å². The van der Waals surface area contributed by atoms with Crippen molar-refractivity contribution in [3.63, 3.8) is 0 Å². The van der Waals surface area contributed by atoms with Crippen LogP contribution in [-0.4, -0.2) is 37.1 Å². The second-order valence-electron chi connectivity index (χ2n) is 4.00. The fraction of sp³-hybridized carbons (Fsp3) is 0.818. The highest BCUT2D eigenvalue weighted by atomic mass is 16.5. The molecular weight excluding hydrogens is 192 g/mol. The Balaban J connectivity index is 4.51. The van der Waals surface area contributed by atoms with Gasteiger partial charge in [-0.2, -0.15) is 5.26 Å². The van der Waals surface area contributed by atoms with Crippen molar-refractivity contribution in [1.29, 1.82) is 5.26 Å². The third kappa shape index (κ3) is 3.52. The smallest absolute Gasteiger partial charge is 0.254 e. The molecule has 0 aliphatic rings. The Morgan fingerprint density at radius 2 is 2.20 bits per heavy atom. The third-order valence-corrected chi connectivity index (χ3v) is 2.69. The predicted molar refractivity (Wildman–Crippen MR) is 58.1 cm³/mol. The topological polar surface area (TPSA) is 53.3 Å². The fourth-order valence-corrected chi connectivity index (χ4v) is 1.32. The van der Waals surface area contributed by atoms with E-state index in [0.29, 0.717) is 13.0 Å². The SMILES string of the molecule is CCC(C)(OC)C(=O)N(C)CC(C)C#N. The van der Waals surface area contributed by atoms with Crippen molar-refractivity contribution in [2.45, 2.75) is 32.8 Å². The zero-order valence-electron chi connectivity index (χ0n) is 10.2. The van der Waals surface area contributed by atoms with Crippen molar-refractivity contribution in [2.75, 3.05) is 20.7 Å². The highest BCUT2D eigenvalue weighted by Gasteiger charge is 2.33. The summed E-state index contributed by atoms with van der Waals surface area (Å²) in [5.74, 6) is -0.230. The average molecular weight is 212 g/mol. The summed E-state index contributed by atoms with van der Waals surface area (Å²) in [6, 6.07) is 2.10. The summed E-state index contributed by atoms with van der Waals surface area (Å²) < 4.78 is 5.21. The normalized spacial score (nSPS) is 16.3. The molecule has 0 N–H and O–H groups in total. The van der Waals surface area contributed by atoms with Gasteiger partial charge in [0.15, 0.2) is 0 Å². The standard InChI is InChI=1S/C11H20N2O2/c1-6-11(3,15-5)10(14)13(4)8-9(2)7-12/h9H,6,8H2,1-5H3. The van der Waals surface area contributed by atoms with Gasteiger partial charge in [0.25, 0.3) is 5.91 Å². The van der Waals surface area contributed by atoms with E-state index >= 15 is 0 Å². The quantitative estimate of drug-likeness (QED) is 0.692. The molecule has 0 aliphatic carbocycles. The molecule has 15 heavy (non-hydrogen) atoms. The Hall–Kier alpha value is -1.08. The van der Waals surface area contributed by atoms with Crippen LogP contribution in [0.1, 0.15) is 27.2 Å². The Kier molecular flexibility index (Phi) is 5.31. The van der Waals surface area contributed by atoms with Gasteiger partial charge in [-0.05, 0) is 20.3 Å². The zero-order valence-corrected chi connectivity index (χ0v) is 10.2. The predicted octanol–water partition coefficient (Wildman–Crippen LogP) is 1.42. The molecule has 0 fully saturated rings. The van der Waals surface area contributed by atoms with E-state index in [9.17, 15) is 4.79 Å². The molecule has 4 heteroatoms. The van der Waals surface area contributed by atoms with Crippen LogP contribution in [0.3, 0.4) is 0 Å². The summed E-state index contributed by atoms with van der Waals surface area (Å²) in [6.07, 6.45) is 0.619. The molecule has 1 amide bonds. The number of methoxy groups -OCH3 is 1. The lowest BCUT2D eigenvalue weighted by atomic mass is 10.0. The Morgan fingerprint density at radius 3 is 2.53 bits per heavy atom. The van der Waals surface area contributed by atoms with Crippen LogP contribution >= 0.6 is 0 Å². The number of amides is 1. The lowest BCUT2D eigenvalue weighted by Gasteiger charge is -2.30.